The van der Waals surface area contributed by atoms with Crippen LogP contribution < -0.4 is 24.7 Å². The average Bonchev–Trinajstić information content (AvgIpc) is 2.49. The van der Waals surface area contributed by atoms with Crippen molar-refractivity contribution in [2.24, 2.45) is 0 Å². The van der Waals surface area contributed by atoms with E-state index in [-0.39, 0.29) is 29.6 Å². The van der Waals surface area contributed by atoms with Crippen molar-refractivity contribution in [1.29, 1.82) is 0 Å². The van der Waals surface area contributed by atoms with Gasteiger partial charge in [-0.2, -0.15) is 0 Å². The SMILES string of the molecule is C=O.CC(C)(CNCC(C)(C)[N+](=O)[O-])[N+](=O)[O-].CC(C)[N+](=O)[O-].I[I-]I.N.O. The molecule has 0 heterocycles. The quantitative estimate of drug-likeness (QED) is 0.190. The van der Waals surface area contributed by atoms with Gasteiger partial charge in [0.25, 0.3) is 0 Å². The van der Waals surface area contributed by atoms with E-state index in [0.717, 1.165) is 0 Å². The van der Waals surface area contributed by atoms with E-state index >= 15 is 0 Å². The molecule has 0 amide bonds. The van der Waals surface area contributed by atoms with Crippen LogP contribution in [0.25, 0.3) is 0 Å². The van der Waals surface area contributed by atoms with E-state index in [9.17, 15) is 30.3 Å². The maximum atomic E-state index is 10.5. The third kappa shape index (κ3) is 28.2. The molecule has 0 bridgehead atoms. The number of halogens is 3. The summed E-state index contributed by atoms with van der Waals surface area (Å²) in [5.74, 6) is 0. The molecule has 0 aromatic rings. The van der Waals surface area contributed by atoms with Crippen LogP contribution in [0.4, 0.5) is 0 Å². The Kier molecular flexibility index (Phi) is 34.9. The third-order valence-corrected chi connectivity index (χ3v) is 2.53. The van der Waals surface area contributed by atoms with Crippen molar-refractivity contribution in [3.05, 3.63) is 30.3 Å². The van der Waals surface area contributed by atoms with Crippen molar-refractivity contribution in [2.75, 3.05) is 13.1 Å². The molecule has 0 spiro atoms. The summed E-state index contributed by atoms with van der Waals surface area (Å²) in [4.78, 5) is 37.4. The Morgan fingerprint density at radius 2 is 1.11 bits per heavy atom. The number of nitro groups is 3. The molecular weight excluding hydrogens is 723 g/mol. The second kappa shape index (κ2) is 23.2. The second-order valence-corrected chi connectivity index (χ2v) is 22.4. The molecular formula is C12H31I3N5O8-. The average molecular weight is 754 g/mol. The minimum Gasteiger partial charge on any atom is -0.412 e. The molecule has 6 N–H and O–H groups in total. The van der Waals surface area contributed by atoms with Crippen molar-refractivity contribution < 1.29 is 38.3 Å². The van der Waals surface area contributed by atoms with Gasteiger partial charge in [-0.05, 0) is 0 Å². The molecule has 174 valence electrons. The van der Waals surface area contributed by atoms with Crippen molar-refractivity contribution in [3.63, 3.8) is 0 Å². The number of rotatable bonds is 7. The molecule has 16 heteroatoms. The first-order chi connectivity index (χ1) is 11.7. The fourth-order valence-electron chi connectivity index (χ4n) is 0.803. The van der Waals surface area contributed by atoms with Gasteiger partial charge in [0.2, 0.25) is 17.1 Å². The van der Waals surface area contributed by atoms with Crippen LogP contribution in [0.1, 0.15) is 41.5 Å². The van der Waals surface area contributed by atoms with Gasteiger partial charge >= 0.3 is 50.5 Å². The first-order valence-electron chi connectivity index (χ1n) is 6.94. The fraction of sp³-hybridized carbons (Fsp3) is 0.917. The molecule has 28 heavy (non-hydrogen) atoms. The molecule has 0 unspecified atom stereocenters. The molecule has 0 aromatic heterocycles. The molecule has 0 rings (SSSR count). The van der Waals surface area contributed by atoms with Gasteiger partial charge in [-0.25, -0.2) is 0 Å². The van der Waals surface area contributed by atoms with Gasteiger partial charge in [-0.15, -0.1) is 0 Å². The van der Waals surface area contributed by atoms with Gasteiger partial charge in [0.05, 0.1) is 13.1 Å². The summed E-state index contributed by atoms with van der Waals surface area (Å²) in [6.07, 6.45) is 0. The Morgan fingerprint density at radius 1 is 0.929 bits per heavy atom. The van der Waals surface area contributed by atoms with Gasteiger partial charge in [0.1, 0.15) is 6.79 Å². The number of carbonyl (C=O) groups is 1. The summed E-state index contributed by atoms with van der Waals surface area (Å²) in [5, 5.41) is 33.3. The van der Waals surface area contributed by atoms with Gasteiger partial charge < -0.3 is 21.7 Å². The maximum Gasteiger partial charge on any atom is -0.344 e. The van der Waals surface area contributed by atoms with Crippen LogP contribution in [0.3, 0.4) is 0 Å². The van der Waals surface area contributed by atoms with Gasteiger partial charge in [0.15, 0.2) is 0 Å². The van der Waals surface area contributed by atoms with E-state index in [4.69, 9.17) is 4.79 Å². The van der Waals surface area contributed by atoms with E-state index < -0.39 is 27.0 Å². The molecule has 0 aliphatic heterocycles. The predicted octanol–water partition coefficient (Wildman–Crippen LogP) is -0.714. The van der Waals surface area contributed by atoms with Crippen LogP contribution in [0.15, 0.2) is 0 Å². The second-order valence-electron chi connectivity index (χ2n) is 6.18. The van der Waals surface area contributed by atoms with Crippen LogP contribution in [-0.2, 0) is 4.79 Å². The molecule has 0 aliphatic rings. The van der Waals surface area contributed by atoms with Gasteiger partial charge in [-0.3, -0.25) is 30.3 Å². The molecule has 0 saturated carbocycles. The van der Waals surface area contributed by atoms with Gasteiger partial charge in [-0.1, -0.05) is 0 Å². The van der Waals surface area contributed by atoms with E-state index in [0.29, 0.717) is 13.3 Å². The summed E-state index contributed by atoms with van der Waals surface area (Å²) < 4.78 is 0. The van der Waals surface area contributed by atoms with Crippen molar-refractivity contribution in [3.8, 4) is 0 Å². The van der Waals surface area contributed by atoms with Crippen LogP contribution in [0, 0.1) is 30.3 Å². The molecule has 0 radical (unpaired) electrons. The number of hydrogen-bond acceptors (Lipinski definition) is 9. The van der Waals surface area contributed by atoms with Crippen LogP contribution in [0.2, 0.25) is 0 Å². The zero-order valence-electron chi connectivity index (χ0n) is 16.7. The standard InChI is InChI=1S/C8H17N3O4.C3H7NO2.CH2O.I3.H3N.H2O/c1-7(2,10(12)13)5-9-6-8(3,4)11(14)15;1-3(2)4(5)6;1-2;1-3-2;;/h9H,5-6H2,1-4H3;3H,1-2H3;1H2;;1H3;1H2/q;;;-1;;. The largest absolute Gasteiger partial charge is 0.412 e. The number of nitrogens with zero attached hydrogens (tertiary/aromatic N) is 3. The Labute approximate surface area is 194 Å². The summed E-state index contributed by atoms with van der Waals surface area (Å²) in [5.41, 5.74) is -2.21. The van der Waals surface area contributed by atoms with Crippen LogP contribution >= 0.6 is 37.2 Å². The van der Waals surface area contributed by atoms with Crippen molar-refractivity contribution in [2.45, 2.75) is 58.7 Å². The normalized spacial score (nSPS) is 9.61. The van der Waals surface area contributed by atoms with Crippen LogP contribution in [0.5, 0.6) is 0 Å². The molecule has 0 saturated heterocycles. The summed E-state index contributed by atoms with van der Waals surface area (Å²) >= 11 is 5.30. The zero-order valence-corrected chi connectivity index (χ0v) is 23.2. The zero-order chi connectivity index (χ0) is 22.1. The summed E-state index contributed by atoms with van der Waals surface area (Å²) in [7, 11) is 0. The topological polar surface area (TPSA) is 225 Å². The van der Waals surface area contributed by atoms with E-state index in [1.54, 1.807) is 13.8 Å². The Morgan fingerprint density at radius 3 is 1.21 bits per heavy atom. The Hall–Kier alpha value is -0.0600. The monoisotopic (exact) mass is 754 g/mol. The Bertz CT molecular complexity index is 402. The molecule has 0 atom stereocenters. The first-order valence-corrected chi connectivity index (χ1v) is 19.5. The summed E-state index contributed by atoms with van der Waals surface area (Å²) in [6, 6.07) is -0.426. The molecule has 0 aromatic carbocycles. The maximum absolute atomic E-state index is 10.5. The summed E-state index contributed by atoms with van der Waals surface area (Å²) in [6.45, 7) is 11.2. The number of carbonyl (C=O) groups excluding carboxylic acids is 1. The Balaban J connectivity index is -0.0000000782. The van der Waals surface area contributed by atoms with Crippen LogP contribution in [-0.4, -0.2) is 57.2 Å². The minimum absolute atomic E-state index is 0. The smallest absolute Gasteiger partial charge is 0.344 e. The molecule has 13 nitrogen and oxygen atoms in total. The van der Waals surface area contributed by atoms with Gasteiger partial charge in [0, 0.05) is 56.3 Å². The molecule has 0 fully saturated rings. The number of nitrogens with one attached hydrogen (secondary N) is 1. The number of hydrogen-bond donors (Lipinski definition) is 2. The molecule has 0 aliphatic carbocycles. The first kappa shape index (κ1) is 42.1. The van der Waals surface area contributed by atoms with E-state index in [2.05, 4.69) is 42.5 Å². The van der Waals surface area contributed by atoms with E-state index in [1.807, 2.05) is 6.79 Å². The third-order valence-electron chi connectivity index (χ3n) is 2.53. The predicted molar refractivity (Wildman–Crippen MR) is 121 cm³/mol. The minimum atomic E-state index is -1.10. The van der Waals surface area contributed by atoms with Crippen molar-refractivity contribution in [1.82, 2.24) is 11.5 Å². The van der Waals surface area contributed by atoms with E-state index in [1.165, 1.54) is 27.7 Å². The van der Waals surface area contributed by atoms with Crippen molar-refractivity contribution >= 4 is 44.0 Å². The fourth-order valence-corrected chi connectivity index (χ4v) is 0.803.